The Bertz CT molecular complexity index is 832. The second-order valence-corrected chi connectivity index (χ2v) is 6.29. The van der Waals surface area contributed by atoms with Gasteiger partial charge in [0, 0.05) is 37.7 Å². The number of aromatic nitrogens is 1. The van der Waals surface area contributed by atoms with Crippen LogP contribution in [0.2, 0.25) is 0 Å². The maximum atomic E-state index is 13.3. The molecule has 6 nitrogen and oxygen atoms in total. The number of amides is 1. The average Bonchev–Trinajstić information content (AvgIpc) is 2.63. The quantitative estimate of drug-likeness (QED) is 0.909. The molecule has 1 saturated heterocycles. The Balaban J connectivity index is 1.74. The van der Waals surface area contributed by atoms with E-state index in [1.807, 2.05) is 0 Å². The summed E-state index contributed by atoms with van der Waals surface area (Å²) >= 11 is 0. The van der Waals surface area contributed by atoms with E-state index in [4.69, 9.17) is 4.74 Å². The van der Waals surface area contributed by atoms with E-state index in [2.05, 4.69) is 4.98 Å². The van der Waals surface area contributed by atoms with Crippen LogP contribution in [0.3, 0.4) is 0 Å². The van der Waals surface area contributed by atoms with Crippen LogP contribution in [0.15, 0.2) is 42.6 Å². The molecule has 0 radical (unpaired) electrons. The van der Waals surface area contributed by atoms with Crippen LogP contribution in [0.1, 0.15) is 28.9 Å². The molecule has 1 N–H and O–H groups in total. The van der Waals surface area contributed by atoms with Gasteiger partial charge in [-0.1, -0.05) is 6.07 Å². The zero-order chi connectivity index (χ0) is 18.7. The summed E-state index contributed by atoms with van der Waals surface area (Å²) in [6.45, 7) is 2.16. The van der Waals surface area contributed by atoms with E-state index in [9.17, 15) is 19.1 Å². The zero-order valence-corrected chi connectivity index (χ0v) is 14.3. The number of carbonyl (C=O) groups is 2. The number of hydrogen-bond acceptors (Lipinski definition) is 4. The van der Waals surface area contributed by atoms with E-state index in [0.29, 0.717) is 11.4 Å². The molecule has 136 valence electrons. The Hall–Kier alpha value is -2.96. The number of benzene rings is 1. The summed E-state index contributed by atoms with van der Waals surface area (Å²) in [4.78, 5) is 30.0. The second kappa shape index (κ2) is 7.11. The zero-order valence-electron chi connectivity index (χ0n) is 14.3. The van der Waals surface area contributed by atoms with Gasteiger partial charge >= 0.3 is 5.97 Å². The molecule has 3 rings (SSSR count). The van der Waals surface area contributed by atoms with E-state index in [-0.39, 0.29) is 37.4 Å². The number of carboxylic acids is 1. The fraction of sp³-hybridized carbons (Fsp3) is 0.316. The summed E-state index contributed by atoms with van der Waals surface area (Å²) in [5.74, 6) is -1.46. The molecular formula is C19H19FN2O4. The highest BCUT2D eigenvalue weighted by molar-refractivity contribution is 5.94. The van der Waals surface area contributed by atoms with Crippen LogP contribution in [0, 0.1) is 12.7 Å². The molecule has 0 spiro atoms. The van der Waals surface area contributed by atoms with Gasteiger partial charge in [0.25, 0.3) is 5.91 Å². The molecule has 0 saturated carbocycles. The second-order valence-electron chi connectivity index (χ2n) is 6.29. The number of ether oxygens (including phenoxy) is 1. The lowest BCUT2D eigenvalue weighted by Gasteiger charge is -2.39. The Morgan fingerprint density at radius 2 is 1.96 bits per heavy atom. The number of carbonyl (C=O) groups excluding carboxylic acids is 1. The molecule has 2 heterocycles. The molecule has 0 atom stereocenters. The number of rotatable bonds is 4. The van der Waals surface area contributed by atoms with Gasteiger partial charge in [-0.3, -0.25) is 9.78 Å². The van der Waals surface area contributed by atoms with Crippen molar-refractivity contribution in [2.45, 2.75) is 25.4 Å². The van der Waals surface area contributed by atoms with E-state index in [0.717, 1.165) is 0 Å². The number of likely N-dealkylation sites (tertiary alicyclic amines) is 1. The lowest BCUT2D eigenvalue weighted by atomic mass is 9.90. The lowest BCUT2D eigenvalue weighted by molar-refractivity contribution is -0.159. The summed E-state index contributed by atoms with van der Waals surface area (Å²) in [5, 5.41) is 9.72. The van der Waals surface area contributed by atoms with Crippen molar-refractivity contribution in [1.29, 1.82) is 0 Å². The number of halogens is 1. The van der Waals surface area contributed by atoms with E-state index < -0.39 is 17.4 Å². The normalized spacial score (nSPS) is 16.2. The summed E-state index contributed by atoms with van der Waals surface area (Å²) in [6, 6.07) is 8.82. The number of hydrogen-bond donors (Lipinski definition) is 1. The summed E-state index contributed by atoms with van der Waals surface area (Å²) in [7, 11) is 0. The first-order chi connectivity index (χ1) is 12.4. The number of aryl methyl sites for hydroxylation is 1. The lowest BCUT2D eigenvalue weighted by Crippen LogP contribution is -2.54. The first-order valence-corrected chi connectivity index (χ1v) is 8.30. The number of nitrogens with zero attached hydrogens (tertiary/aromatic N) is 2. The predicted molar refractivity (Wildman–Crippen MR) is 91.5 cm³/mol. The third-order valence-electron chi connectivity index (χ3n) is 4.58. The van der Waals surface area contributed by atoms with Gasteiger partial charge in [0.05, 0.1) is 5.69 Å². The summed E-state index contributed by atoms with van der Waals surface area (Å²) in [5.41, 5.74) is -0.560. The fourth-order valence-electron chi connectivity index (χ4n) is 3.02. The summed E-state index contributed by atoms with van der Waals surface area (Å²) < 4.78 is 19.2. The van der Waals surface area contributed by atoms with Crippen LogP contribution < -0.4 is 4.74 Å². The average molecular weight is 358 g/mol. The third kappa shape index (κ3) is 3.51. The molecule has 1 aliphatic rings. The molecule has 7 heteroatoms. The van der Waals surface area contributed by atoms with Crippen LogP contribution in [0.25, 0.3) is 0 Å². The number of pyridine rings is 1. The van der Waals surface area contributed by atoms with E-state index >= 15 is 0 Å². The van der Waals surface area contributed by atoms with Crippen molar-refractivity contribution in [3.63, 3.8) is 0 Å². The Morgan fingerprint density at radius 3 is 2.58 bits per heavy atom. The molecule has 1 aromatic carbocycles. The van der Waals surface area contributed by atoms with Crippen LogP contribution in [0.4, 0.5) is 4.39 Å². The topological polar surface area (TPSA) is 79.7 Å². The minimum atomic E-state index is -1.41. The molecule has 1 fully saturated rings. The van der Waals surface area contributed by atoms with Gasteiger partial charge < -0.3 is 14.7 Å². The van der Waals surface area contributed by atoms with Crippen molar-refractivity contribution in [2.24, 2.45) is 0 Å². The third-order valence-corrected chi connectivity index (χ3v) is 4.58. The van der Waals surface area contributed by atoms with Gasteiger partial charge in [0.1, 0.15) is 11.6 Å². The van der Waals surface area contributed by atoms with Crippen molar-refractivity contribution >= 4 is 11.9 Å². The van der Waals surface area contributed by atoms with Crippen molar-refractivity contribution in [3.05, 3.63) is 59.7 Å². The Kier molecular flexibility index (Phi) is 4.88. The van der Waals surface area contributed by atoms with Gasteiger partial charge in [0.15, 0.2) is 0 Å². The molecule has 1 aliphatic heterocycles. The molecule has 1 aromatic heterocycles. The van der Waals surface area contributed by atoms with Crippen LogP contribution in [-0.2, 0) is 4.79 Å². The molecule has 26 heavy (non-hydrogen) atoms. The minimum absolute atomic E-state index is 0.137. The Labute approximate surface area is 150 Å². The van der Waals surface area contributed by atoms with E-state index in [1.54, 1.807) is 31.3 Å². The molecule has 0 unspecified atom stereocenters. The highest BCUT2D eigenvalue weighted by atomic mass is 19.1. The van der Waals surface area contributed by atoms with Crippen molar-refractivity contribution in [3.8, 4) is 5.75 Å². The summed E-state index contributed by atoms with van der Waals surface area (Å²) in [6.07, 6.45) is 1.88. The monoisotopic (exact) mass is 358 g/mol. The minimum Gasteiger partial charge on any atom is -0.478 e. The number of aliphatic carboxylic acids is 1. The number of carboxylic acid groups (broad SMARTS) is 1. The standard InChI is InChI=1S/C19H19FN2O4/c1-13-16(6-3-9-21-13)26-19(18(24)25)7-10-22(11-8-19)17(23)14-4-2-5-15(20)12-14/h2-6,9,12H,7-8,10-11H2,1H3,(H,24,25). The molecule has 1 amide bonds. The Morgan fingerprint density at radius 1 is 1.23 bits per heavy atom. The molecular weight excluding hydrogens is 339 g/mol. The highest BCUT2D eigenvalue weighted by Gasteiger charge is 2.45. The molecule has 0 bridgehead atoms. The van der Waals surface area contributed by atoms with Crippen molar-refractivity contribution < 1.29 is 23.8 Å². The first-order valence-electron chi connectivity index (χ1n) is 8.30. The van der Waals surface area contributed by atoms with Gasteiger partial charge in [0.2, 0.25) is 5.60 Å². The van der Waals surface area contributed by atoms with Crippen LogP contribution >= 0.6 is 0 Å². The van der Waals surface area contributed by atoms with Gasteiger partial charge in [-0.25, -0.2) is 9.18 Å². The van der Waals surface area contributed by atoms with Gasteiger partial charge in [-0.15, -0.1) is 0 Å². The maximum Gasteiger partial charge on any atom is 0.348 e. The number of piperidine rings is 1. The highest BCUT2D eigenvalue weighted by Crippen LogP contribution is 2.31. The SMILES string of the molecule is Cc1ncccc1OC1(C(=O)O)CCN(C(=O)c2cccc(F)c2)CC1. The molecule has 2 aromatic rings. The van der Waals surface area contributed by atoms with Crippen LogP contribution in [0.5, 0.6) is 5.75 Å². The largest absolute Gasteiger partial charge is 0.478 e. The van der Waals surface area contributed by atoms with Crippen molar-refractivity contribution in [2.75, 3.05) is 13.1 Å². The first kappa shape index (κ1) is 17.8. The smallest absolute Gasteiger partial charge is 0.348 e. The predicted octanol–water partition coefficient (Wildman–Crippen LogP) is 2.67. The van der Waals surface area contributed by atoms with Crippen molar-refractivity contribution in [1.82, 2.24) is 9.88 Å². The maximum absolute atomic E-state index is 13.3. The van der Waals surface area contributed by atoms with Gasteiger partial charge in [-0.05, 0) is 37.3 Å². The fourth-order valence-corrected chi connectivity index (χ4v) is 3.02. The van der Waals surface area contributed by atoms with Crippen LogP contribution in [-0.4, -0.2) is 45.6 Å². The van der Waals surface area contributed by atoms with Gasteiger partial charge in [-0.2, -0.15) is 0 Å². The molecule has 0 aliphatic carbocycles. The van der Waals surface area contributed by atoms with E-state index in [1.165, 1.54) is 23.1 Å².